The number of imidazole rings is 1. The van der Waals surface area contributed by atoms with E-state index in [-0.39, 0.29) is 0 Å². The lowest BCUT2D eigenvalue weighted by Gasteiger charge is -2.07. The normalized spacial score (nSPS) is 11.0. The van der Waals surface area contributed by atoms with Crippen molar-refractivity contribution in [3.05, 3.63) is 52.0 Å². The number of nitrogens with one attached hydrogen (secondary N) is 1. The molecule has 0 bridgehead atoms. The Morgan fingerprint density at radius 2 is 2.00 bits per heavy atom. The minimum Gasteiger partial charge on any atom is -0.493 e. The van der Waals surface area contributed by atoms with Crippen molar-refractivity contribution in [2.75, 3.05) is 12.4 Å². The molecule has 22 heavy (non-hydrogen) atoms. The molecule has 0 aliphatic carbocycles. The summed E-state index contributed by atoms with van der Waals surface area (Å²) in [7, 11) is 0. The lowest BCUT2D eigenvalue weighted by Crippen LogP contribution is -2.00. The van der Waals surface area contributed by atoms with Crippen LogP contribution in [-0.4, -0.2) is 22.3 Å². The summed E-state index contributed by atoms with van der Waals surface area (Å²) in [5, 5.41) is 0.928. The highest BCUT2D eigenvalue weighted by Crippen LogP contribution is 2.23. The summed E-state index contributed by atoms with van der Waals surface area (Å²) in [5.74, 6) is 1.78. The van der Waals surface area contributed by atoms with Crippen molar-refractivity contribution in [2.24, 2.45) is 0 Å². The van der Waals surface area contributed by atoms with E-state index in [2.05, 4.69) is 51.9 Å². The van der Waals surface area contributed by atoms with Crippen molar-refractivity contribution in [1.82, 2.24) is 9.97 Å². The molecule has 0 aliphatic rings. The first-order valence-corrected chi connectivity index (χ1v) is 8.88. The number of thioether (sulfide) groups is 1. The topological polar surface area (TPSA) is 37.9 Å². The number of ether oxygens (including phenoxy) is 1. The highest BCUT2D eigenvalue weighted by Gasteiger charge is 2.04. The average molecular weight is 377 g/mol. The first-order chi connectivity index (χ1) is 10.6. The second kappa shape index (κ2) is 6.75. The molecule has 0 aliphatic heterocycles. The highest BCUT2D eigenvalue weighted by molar-refractivity contribution is 9.10. The van der Waals surface area contributed by atoms with Crippen LogP contribution in [0.1, 0.15) is 11.1 Å². The summed E-state index contributed by atoms with van der Waals surface area (Å²) in [6.45, 7) is 4.87. The Labute approximate surface area is 142 Å². The van der Waals surface area contributed by atoms with Gasteiger partial charge < -0.3 is 9.72 Å². The minimum absolute atomic E-state index is 0.661. The summed E-state index contributed by atoms with van der Waals surface area (Å²) in [5.41, 5.74) is 4.58. The Morgan fingerprint density at radius 1 is 1.14 bits per heavy atom. The van der Waals surface area contributed by atoms with Crippen LogP contribution in [0.2, 0.25) is 0 Å². The molecular weight excluding hydrogens is 360 g/mol. The fraction of sp³-hybridized carbons (Fsp3) is 0.235. The molecule has 5 heteroatoms. The molecule has 0 saturated heterocycles. The number of benzene rings is 2. The molecule has 1 N–H and O–H groups in total. The third-order valence-electron chi connectivity index (χ3n) is 3.49. The summed E-state index contributed by atoms with van der Waals surface area (Å²) < 4.78 is 6.84. The van der Waals surface area contributed by atoms with E-state index in [1.54, 1.807) is 11.8 Å². The van der Waals surface area contributed by atoms with Gasteiger partial charge >= 0.3 is 0 Å². The molecule has 2 aromatic carbocycles. The summed E-state index contributed by atoms with van der Waals surface area (Å²) >= 11 is 5.14. The molecule has 114 valence electrons. The van der Waals surface area contributed by atoms with E-state index in [0.29, 0.717) is 6.61 Å². The number of halogens is 1. The van der Waals surface area contributed by atoms with Crippen molar-refractivity contribution >= 4 is 38.7 Å². The maximum Gasteiger partial charge on any atom is 0.166 e. The van der Waals surface area contributed by atoms with Crippen molar-refractivity contribution < 1.29 is 4.74 Å². The second-order valence-corrected chi connectivity index (χ2v) is 7.15. The van der Waals surface area contributed by atoms with E-state index in [4.69, 9.17) is 4.74 Å². The Kier molecular flexibility index (Phi) is 4.74. The first-order valence-electron chi connectivity index (χ1n) is 7.10. The molecule has 0 atom stereocenters. The summed E-state index contributed by atoms with van der Waals surface area (Å²) in [6, 6.07) is 12.2. The zero-order valence-electron chi connectivity index (χ0n) is 12.5. The molecule has 1 heterocycles. The Balaban J connectivity index is 1.54. The van der Waals surface area contributed by atoms with E-state index in [1.807, 2.05) is 24.3 Å². The van der Waals surface area contributed by atoms with Crippen LogP contribution >= 0.6 is 27.7 Å². The number of fused-ring (bicyclic) bond motifs is 1. The van der Waals surface area contributed by atoms with Gasteiger partial charge in [-0.1, -0.05) is 33.8 Å². The Hall–Kier alpha value is -1.46. The van der Waals surface area contributed by atoms with E-state index >= 15 is 0 Å². The van der Waals surface area contributed by atoms with Gasteiger partial charge in [-0.3, -0.25) is 0 Å². The van der Waals surface area contributed by atoms with Gasteiger partial charge in [0, 0.05) is 10.2 Å². The molecule has 0 saturated carbocycles. The third-order valence-corrected chi connectivity index (χ3v) is 4.82. The molecule has 0 radical (unpaired) electrons. The predicted octanol–water partition coefficient (Wildman–Crippen LogP) is 5.11. The minimum atomic E-state index is 0.661. The van der Waals surface area contributed by atoms with Gasteiger partial charge in [0.15, 0.2) is 5.16 Å². The third kappa shape index (κ3) is 3.65. The zero-order chi connectivity index (χ0) is 15.5. The van der Waals surface area contributed by atoms with Gasteiger partial charge in [-0.05, 0) is 55.3 Å². The van der Waals surface area contributed by atoms with Gasteiger partial charge in [0.05, 0.1) is 17.6 Å². The first kappa shape index (κ1) is 15.4. The van der Waals surface area contributed by atoms with E-state index < -0.39 is 0 Å². The largest absolute Gasteiger partial charge is 0.493 e. The number of aromatic amines is 1. The van der Waals surface area contributed by atoms with Crippen LogP contribution in [-0.2, 0) is 0 Å². The molecule has 3 aromatic rings. The lowest BCUT2D eigenvalue weighted by molar-refractivity contribution is 0.343. The fourth-order valence-corrected chi connectivity index (χ4v) is 3.19. The highest BCUT2D eigenvalue weighted by atomic mass is 79.9. The molecule has 3 rings (SSSR count). The molecule has 1 aromatic heterocycles. The van der Waals surface area contributed by atoms with Crippen LogP contribution in [0.4, 0.5) is 0 Å². The van der Waals surface area contributed by atoms with Crippen molar-refractivity contribution in [1.29, 1.82) is 0 Å². The van der Waals surface area contributed by atoms with E-state index in [9.17, 15) is 0 Å². The Bertz CT molecular complexity index is 800. The van der Waals surface area contributed by atoms with Crippen LogP contribution in [0.15, 0.2) is 46.0 Å². The monoisotopic (exact) mass is 376 g/mol. The SMILES string of the molecule is Cc1ccc(OCCSc2nc3ccc(Br)cc3[nH]2)cc1C. The predicted molar refractivity (Wildman–Crippen MR) is 95.9 cm³/mol. The molecule has 0 spiro atoms. The van der Waals surface area contributed by atoms with Gasteiger partial charge in [-0.15, -0.1) is 0 Å². The molecule has 0 amide bonds. The standard InChI is InChI=1S/C17H17BrN2OS/c1-11-3-5-14(9-12(11)2)21-7-8-22-17-19-15-6-4-13(18)10-16(15)20-17/h3-6,9-10H,7-8H2,1-2H3,(H,19,20). The number of aryl methyl sites for hydroxylation is 2. The smallest absolute Gasteiger partial charge is 0.166 e. The maximum atomic E-state index is 5.79. The summed E-state index contributed by atoms with van der Waals surface area (Å²) in [6.07, 6.45) is 0. The van der Waals surface area contributed by atoms with E-state index in [0.717, 1.165) is 32.2 Å². The molecule has 0 fully saturated rings. The van der Waals surface area contributed by atoms with Crippen LogP contribution in [0.25, 0.3) is 11.0 Å². The summed E-state index contributed by atoms with van der Waals surface area (Å²) in [4.78, 5) is 7.87. The fourth-order valence-electron chi connectivity index (χ4n) is 2.13. The van der Waals surface area contributed by atoms with Crippen molar-refractivity contribution in [3.8, 4) is 5.75 Å². The Morgan fingerprint density at radius 3 is 2.82 bits per heavy atom. The van der Waals surface area contributed by atoms with Gasteiger partial charge in [0.1, 0.15) is 5.75 Å². The number of rotatable bonds is 5. The van der Waals surface area contributed by atoms with Gasteiger partial charge in [-0.25, -0.2) is 4.98 Å². The van der Waals surface area contributed by atoms with Gasteiger partial charge in [-0.2, -0.15) is 0 Å². The van der Waals surface area contributed by atoms with Crippen molar-refractivity contribution in [2.45, 2.75) is 19.0 Å². The van der Waals surface area contributed by atoms with Gasteiger partial charge in [0.25, 0.3) is 0 Å². The number of hydrogen-bond acceptors (Lipinski definition) is 3. The number of hydrogen-bond donors (Lipinski definition) is 1. The van der Waals surface area contributed by atoms with Crippen LogP contribution in [0.5, 0.6) is 5.75 Å². The number of nitrogens with zero attached hydrogens (tertiary/aromatic N) is 1. The second-order valence-electron chi connectivity index (χ2n) is 5.15. The van der Waals surface area contributed by atoms with Gasteiger partial charge in [0.2, 0.25) is 0 Å². The zero-order valence-corrected chi connectivity index (χ0v) is 14.9. The molecule has 0 unspecified atom stereocenters. The average Bonchev–Trinajstić information content (AvgIpc) is 2.89. The quantitative estimate of drug-likeness (QED) is 0.496. The maximum absolute atomic E-state index is 5.79. The molecule has 3 nitrogen and oxygen atoms in total. The van der Waals surface area contributed by atoms with E-state index in [1.165, 1.54) is 11.1 Å². The number of H-pyrrole nitrogens is 1. The lowest BCUT2D eigenvalue weighted by atomic mass is 10.1. The van der Waals surface area contributed by atoms with Crippen LogP contribution in [0.3, 0.4) is 0 Å². The van der Waals surface area contributed by atoms with Crippen LogP contribution < -0.4 is 4.74 Å². The number of aromatic nitrogens is 2. The molecular formula is C17H17BrN2OS. The van der Waals surface area contributed by atoms with Crippen molar-refractivity contribution in [3.63, 3.8) is 0 Å². The van der Waals surface area contributed by atoms with Crippen LogP contribution in [0, 0.1) is 13.8 Å².